The molecule has 0 unspecified atom stereocenters. The molecule has 2 aromatic carbocycles. The molecule has 0 saturated carbocycles. The predicted molar refractivity (Wildman–Crippen MR) is 112 cm³/mol. The summed E-state index contributed by atoms with van der Waals surface area (Å²) < 4.78 is 30.5. The Bertz CT molecular complexity index is 963. The molecule has 0 aliphatic carbocycles. The van der Waals surface area contributed by atoms with Crippen molar-refractivity contribution >= 4 is 51.0 Å². The van der Waals surface area contributed by atoms with Gasteiger partial charge in [0.2, 0.25) is 10.0 Å². The van der Waals surface area contributed by atoms with Crippen LogP contribution in [0.5, 0.6) is 5.75 Å². The first kappa shape index (κ1) is 22.0. The summed E-state index contributed by atoms with van der Waals surface area (Å²) in [5, 5.41) is 4.57. The third kappa shape index (κ3) is 6.40. The Kier molecular flexibility index (Phi) is 7.68. The van der Waals surface area contributed by atoms with E-state index in [9.17, 15) is 13.2 Å². The first-order valence-electron chi connectivity index (χ1n) is 8.18. The van der Waals surface area contributed by atoms with Gasteiger partial charge in [0, 0.05) is 0 Å². The minimum atomic E-state index is -3.68. The van der Waals surface area contributed by atoms with Gasteiger partial charge in [0.15, 0.2) is 0 Å². The van der Waals surface area contributed by atoms with Gasteiger partial charge in [-0.25, -0.2) is 13.8 Å². The number of sulfonamides is 1. The fourth-order valence-electron chi connectivity index (χ4n) is 2.21. The maximum absolute atomic E-state index is 12.2. The number of nitrogens with one attached hydrogen (secondary N) is 1. The lowest BCUT2D eigenvalue weighted by molar-refractivity contribution is -0.119. The lowest BCUT2D eigenvalue weighted by atomic mass is 10.2. The van der Waals surface area contributed by atoms with Crippen LogP contribution in [0, 0.1) is 0 Å². The number of nitrogens with zero attached hydrogens (tertiary/aromatic N) is 2. The molecule has 10 heteroatoms. The van der Waals surface area contributed by atoms with E-state index >= 15 is 0 Å². The molecule has 2 aromatic rings. The van der Waals surface area contributed by atoms with Crippen LogP contribution < -0.4 is 14.5 Å². The molecule has 0 aromatic heterocycles. The van der Waals surface area contributed by atoms with Crippen LogP contribution in [0.1, 0.15) is 12.5 Å². The normalized spacial score (nSPS) is 11.4. The SMILES string of the molecule is CCOc1ccc(N(CC(=O)NN=Cc2ccc(Cl)c(Cl)c2)S(C)(=O)=O)cc1. The summed E-state index contributed by atoms with van der Waals surface area (Å²) in [6, 6.07) is 11.3. The molecule has 1 amide bonds. The van der Waals surface area contributed by atoms with Crippen molar-refractivity contribution in [1.82, 2.24) is 5.43 Å². The van der Waals surface area contributed by atoms with E-state index in [1.54, 1.807) is 42.5 Å². The Balaban J connectivity index is 2.06. The van der Waals surface area contributed by atoms with Crippen molar-refractivity contribution < 1.29 is 17.9 Å². The molecule has 0 radical (unpaired) electrons. The smallest absolute Gasteiger partial charge is 0.260 e. The van der Waals surface area contributed by atoms with Crippen LogP contribution in [0.4, 0.5) is 5.69 Å². The summed E-state index contributed by atoms with van der Waals surface area (Å²) in [4.78, 5) is 12.2. The molecule has 1 N–H and O–H groups in total. The van der Waals surface area contributed by atoms with E-state index in [0.717, 1.165) is 10.6 Å². The highest BCUT2D eigenvalue weighted by atomic mass is 35.5. The van der Waals surface area contributed by atoms with Crippen molar-refractivity contribution in [2.45, 2.75) is 6.92 Å². The number of hydrazone groups is 1. The standard InChI is InChI=1S/C18H19Cl2N3O4S/c1-3-27-15-7-5-14(6-8-15)23(28(2,25)26)12-18(24)22-21-11-13-4-9-16(19)17(20)10-13/h4-11H,3,12H2,1-2H3,(H,22,24). The van der Waals surface area contributed by atoms with Gasteiger partial charge in [-0.3, -0.25) is 9.10 Å². The number of carbonyl (C=O) groups excluding carboxylic acids is 1. The first-order valence-corrected chi connectivity index (χ1v) is 10.8. The van der Waals surface area contributed by atoms with E-state index in [2.05, 4.69) is 10.5 Å². The second kappa shape index (κ2) is 9.77. The number of anilines is 1. The average Bonchev–Trinajstić information content (AvgIpc) is 2.63. The van der Waals surface area contributed by atoms with Crippen LogP contribution >= 0.6 is 23.2 Å². The lowest BCUT2D eigenvalue weighted by Crippen LogP contribution is -2.39. The second-order valence-corrected chi connectivity index (χ2v) is 8.38. The average molecular weight is 444 g/mol. The zero-order valence-corrected chi connectivity index (χ0v) is 17.6. The number of ether oxygens (including phenoxy) is 1. The fourth-order valence-corrected chi connectivity index (χ4v) is 3.38. The topological polar surface area (TPSA) is 88.1 Å². The van der Waals surface area contributed by atoms with Gasteiger partial charge in [-0.1, -0.05) is 29.3 Å². The maximum Gasteiger partial charge on any atom is 0.260 e. The second-order valence-electron chi connectivity index (χ2n) is 5.66. The van der Waals surface area contributed by atoms with Crippen molar-refractivity contribution in [3.63, 3.8) is 0 Å². The Morgan fingerprint density at radius 1 is 1.18 bits per heavy atom. The van der Waals surface area contributed by atoms with Gasteiger partial charge in [-0.15, -0.1) is 0 Å². The molecule has 0 saturated heterocycles. The number of halogens is 2. The third-order valence-corrected chi connectivity index (χ3v) is 5.35. The van der Waals surface area contributed by atoms with E-state index in [1.807, 2.05) is 6.92 Å². The van der Waals surface area contributed by atoms with Crippen molar-refractivity contribution in [3.05, 3.63) is 58.1 Å². The molecule has 0 atom stereocenters. The lowest BCUT2D eigenvalue weighted by Gasteiger charge is -2.21. The Morgan fingerprint density at radius 2 is 1.86 bits per heavy atom. The van der Waals surface area contributed by atoms with E-state index in [1.165, 1.54) is 6.21 Å². The number of amides is 1. The first-order chi connectivity index (χ1) is 13.2. The zero-order chi connectivity index (χ0) is 20.7. The fraction of sp³-hybridized carbons (Fsp3) is 0.222. The molecular weight excluding hydrogens is 425 g/mol. The minimum absolute atomic E-state index is 0.342. The quantitative estimate of drug-likeness (QED) is 0.500. The van der Waals surface area contributed by atoms with E-state index in [0.29, 0.717) is 33.7 Å². The molecule has 0 aliphatic rings. The van der Waals surface area contributed by atoms with Crippen molar-refractivity contribution in [2.24, 2.45) is 5.10 Å². The van der Waals surface area contributed by atoms with E-state index < -0.39 is 22.5 Å². The summed E-state index contributed by atoms with van der Waals surface area (Å²) in [6.07, 6.45) is 2.40. The maximum atomic E-state index is 12.2. The summed E-state index contributed by atoms with van der Waals surface area (Å²) in [5.74, 6) is 0.00555. The monoisotopic (exact) mass is 443 g/mol. The van der Waals surface area contributed by atoms with Crippen LogP contribution in [0.2, 0.25) is 10.0 Å². The van der Waals surface area contributed by atoms with Gasteiger partial charge in [-0.2, -0.15) is 5.10 Å². The van der Waals surface area contributed by atoms with E-state index in [-0.39, 0.29) is 0 Å². The highest BCUT2D eigenvalue weighted by Crippen LogP contribution is 2.22. The van der Waals surface area contributed by atoms with Crippen molar-refractivity contribution in [2.75, 3.05) is 23.7 Å². The Hall–Kier alpha value is -2.29. The van der Waals surface area contributed by atoms with Gasteiger partial charge in [0.25, 0.3) is 5.91 Å². The summed E-state index contributed by atoms with van der Waals surface area (Å²) in [5.41, 5.74) is 3.26. The predicted octanol–water partition coefficient (Wildman–Crippen LogP) is 3.31. The molecule has 0 aliphatic heterocycles. The Labute approximate surface area is 173 Å². The molecule has 0 bridgehead atoms. The molecule has 0 spiro atoms. The number of rotatable bonds is 8. The molecule has 0 heterocycles. The van der Waals surface area contributed by atoms with Crippen LogP contribution in [0.15, 0.2) is 47.6 Å². The Morgan fingerprint density at radius 3 is 2.43 bits per heavy atom. The highest BCUT2D eigenvalue weighted by Gasteiger charge is 2.20. The molecule has 2 rings (SSSR count). The molecular formula is C18H19Cl2N3O4S. The summed E-state index contributed by atoms with van der Waals surface area (Å²) in [7, 11) is -3.68. The number of hydrogen-bond donors (Lipinski definition) is 1. The largest absolute Gasteiger partial charge is 0.494 e. The summed E-state index contributed by atoms with van der Waals surface area (Å²) >= 11 is 11.7. The molecule has 28 heavy (non-hydrogen) atoms. The van der Waals surface area contributed by atoms with Crippen LogP contribution in [-0.4, -0.2) is 39.9 Å². The number of benzene rings is 2. The molecule has 150 valence electrons. The zero-order valence-electron chi connectivity index (χ0n) is 15.2. The van der Waals surface area contributed by atoms with Crippen molar-refractivity contribution in [1.29, 1.82) is 0 Å². The van der Waals surface area contributed by atoms with Gasteiger partial charge in [0.05, 0.1) is 34.8 Å². The molecule has 0 fully saturated rings. The minimum Gasteiger partial charge on any atom is -0.494 e. The molecule has 7 nitrogen and oxygen atoms in total. The number of carbonyl (C=O) groups is 1. The van der Waals surface area contributed by atoms with Crippen LogP contribution in [0.3, 0.4) is 0 Å². The van der Waals surface area contributed by atoms with Gasteiger partial charge in [-0.05, 0) is 48.9 Å². The summed E-state index contributed by atoms with van der Waals surface area (Å²) in [6.45, 7) is 1.92. The highest BCUT2D eigenvalue weighted by molar-refractivity contribution is 7.92. The van der Waals surface area contributed by atoms with E-state index in [4.69, 9.17) is 27.9 Å². The van der Waals surface area contributed by atoms with Crippen LogP contribution in [0.25, 0.3) is 0 Å². The van der Waals surface area contributed by atoms with Gasteiger partial charge >= 0.3 is 0 Å². The third-order valence-electron chi connectivity index (χ3n) is 3.47. The number of hydrogen-bond acceptors (Lipinski definition) is 5. The van der Waals surface area contributed by atoms with Crippen LogP contribution in [-0.2, 0) is 14.8 Å². The van der Waals surface area contributed by atoms with Gasteiger partial charge < -0.3 is 4.74 Å². The van der Waals surface area contributed by atoms with Crippen molar-refractivity contribution in [3.8, 4) is 5.75 Å². The van der Waals surface area contributed by atoms with Gasteiger partial charge in [0.1, 0.15) is 12.3 Å².